The van der Waals surface area contributed by atoms with Crippen LogP contribution in [0.25, 0.3) is 0 Å². The number of nitrogens with one attached hydrogen (secondary N) is 1. The number of rotatable bonds is 8. The molecule has 0 aliphatic carbocycles. The minimum atomic E-state index is -0.293. The molecule has 0 spiro atoms. The van der Waals surface area contributed by atoms with Gasteiger partial charge in [0.2, 0.25) is 11.8 Å². The molecule has 0 saturated carbocycles. The smallest absolute Gasteiger partial charge is 0.220 e. The number of hydrogen-bond donors (Lipinski definition) is 3. The zero-order valence-corrected chi connectivity index (χ0v) is 9.29. The predicted octanol–water partition coefficient (Wildman–Crippen LogP) is -0.257. The number of amides is 2. The van der Waals surface area contributed by atoms with Crippen LogP contribution >= 0.6 is 0 Å². The summed E-state index contributed by atoms with van der Waals surface area (Å²) >= 11 is 0. The highest BCUT2D eigenvalue weighted by Gasteiger charge is 2.06. The maximum Gasteiger partial charge on any atom is 0.220 e. The largest absolute Gasteiger partial charge is 0.370 e. The summed E-state index contributed by atoms with van der Waals surface area (Å²) in [4.78, 5) is 21.7. The monoisotopic (exact) mass is 215 g/mol. The van der Waals surface area contributed by atoms with Crippen molar-refractivity contribution in [3.05, 3.63) is 0 Å². The Morgan fingerprint density at radius 2 is 2.00 bits per heavy atom. The highest BCUT2D eigenvalue weighted by Crippen LogP contribution is 1.98. The van der Waals surface area contributed by atoms with Crippen LogP contribution in [0.5, 0.6) is 0 Å². The lowest BCUT2D eigenvalue weighted by Gasteiger charge is -2.08. The Kier molecular flexibility index (Phi) is 7.62. The Balaban J connectivity index is 3.35. The first kappa shape index (κ1) is 13.9. The van der Waals surface area contributed by atoms with Crippen LogP contribution in [0.3, 0.4) is 0 Å². The molecule has 0 fully saturated rings. The van der Waals surface area contributed by atoms with E-state index in [2.05, 4.69) is 5.32 Å². The summed E-state index contributed by atoms with van der Waals surface area (Å²) in [6.45, 7) is 3.06. The van der Waals surface area contributed by atoms with Gasteiger partial charge in [-0.2, -0.15) is 0 Å². The van der Waals surface area contributed by atoms with E-state index >= 15 is 0 Å². The van der Waals surface area contributed by atoms with Gasteiger partial charge >= 0.3 is 0 Å². The minimum absolute atomic E-state index is 0.0204. The summed E-state index contributed by atoms with van der Waals surface area (Å²) in [5.74, 6) is -0.0549. The lowest BCUT2D eigenvalue weighted by Crippen LogP contribution is -2.28. The van der Waals surface area contributed by atoms with Gasteiger partial charge in [0, 0.05) is 19.4 Å². The third kappa shape index (κ3) is 9.21. The molecule has 0 aromatic rings. The van der Waals surface area contributed by atoms with E-state index < -0.39 is 0 Å². The van der Waals surface area contributed by atoms with Gasteiger partial charge in [-0.25, -0.2) is 0 Å². The minimum Gasteiger partial charge on any atom is -0.370 e. The van der Waals surface area contributed by atoms with E-state index in [0.717, 1.165) is 12.8 Å². The quantitative estimate of drug-likeness (QED) is 0.487. The average molecular weight is 215 g/mol. The second kappa shape index (κ2) is 8.23. The van der Waals surface area contributed by atoms with E-state index in [9.17, 15) is 9.59 Å². The van der Waals surface area contributed by atoms with Gasteiger partial charge in [-0.3, -0.25) is 9.59 Å². The molecule has 0 heterocycles. The van der Waals surface area contributed by atoms with Crippen molar-refractivity contribution >= 4 is 11.8 Å². The average Bonchev–Trinajstić information content (AvgIpc) is 2.16. The molecule has 15 heavy (non-hydrogen) atoms. The van der Waals surface area contributed by atoms with Crippen molar-refractivity contribution in [1.82, 2.24) is 5.32 Å². The molecule has 5 nitrogen and oxygen atoms in total. The van der Waals surface area contributed by atoms with Gasteiger partial charge in [0.15, 0.2) is 0 Å². The van der Waals surface area contributed by atoms with Gasteiger partial charge < -0.3 is 16.8 Å². The molecule has 0 aromatic heterocycles. The number of primary amides is 1. The zero-order chi connectivity index (χ0) is 11.7. The van der Waals surface area contributed by atoms with Gasteiger partial charge in [0.1, 0.15) is 0 Å². The maximum atomic E-state index is 11.3. The molecule has 88 valence electrons. The van der Waals surface area contributed by atoms with Gasteiger partial charge in [-0.15, -0.1) is 0 Å². The van der Waals surface area contributed by atoms with Crippen molar-refractivity contribution in [2.24, 2.45) is 17.4 Å². The van der Waals surface area contributed by atoms with Crippen LogP contribution in [0.4, 0.5) is 0 Å². The van der Waals surface area contributed by atoms with E-state index in [-0.39, 0.29) is 17.7 Å². The first-order chi connectivity index (χ1) is 7.06. The zero-order valence-electron chi connectivity index (χ0n) is 9.29. The summed E-state index contributed by atoms with van der Waals surface area (Å²) in [5, 5.41) is 2.78. The Hall–Kier alpha value is -1.10. The van der Waals surface area contributed by atoms with E-state index in [1.54, 1.807) is 0 Å². The summed E-state index contributed by atoms with van der Waals surface area (Å²) in [7, 11) is 0. The molecule has 0 aliphatic rings. The fourth-order valence-electron chi connectivity index (χ4n) is 1.12. The number of carbonyl (C=O) groups excluding carboxylic acids is 2. The molecule has 1 unspecified atom stereocenters. The molecule has 1 atom stereocenters. The number of nitrogens with two attached hydrogens (primary N) is 2. The lowest BCUT2D eigenvalue weighted by atomic mass is 10.1. The Morgan fingerprint density at radius 3 is 2.53 bits per heavy atom. The Labute approximate surface area is 90.6 Å². The van der Waals surface area contributed by atoms with Crippen molar-refractivity contribution in [2.45, 2.75) is 32.6 Å². The van der Waals surface area contributed by atoms with Crippen LogP contribution in [0.2, 0.25) is 0 Å². The topological polar surface area (TPSA) is 98.2 Å². The SMILES string of the molecule is CC(CN)CC(=O)NCCCCC(N)=O. The van der Waals surface area contributed by atoms with Crippen molar-refractivity contribution in [1.29, 1.82) is 0 Å². The summed E-state index contributed by atoms with van der Waals surface area (Å²) in [5.41, 5.74) is 10.4. The molecule has 5 heteroatoms. The van der Waals surface area contributed by atoms with Gasteiger partial charge in [0.25, 0.3) is 0 Å². The molecule has 5 N–H and O–H groups in total. The highest BCUT2D eigenvalue weighted by atomic mass is 16.1. The first-order valence-electron chi connectivity index (χ1n) is 5.31. The lowest BCUT2D eigenvalue weighted by molar-refractivity contribution is -0.121. The number of hydrogen-bond acceptors (Lipinski definition) is 3. The maximum absolute atomic E-state index is 11.3. The fraction of sp³-hybridized carbons (Fsp3) is 0.800. The van der Waals surface area contributed by atoms with Crippen LogP contribution in [0, 0.1) is 5.92 Å². The van der Waals surface area contributed by atoms with Crippen molar-refractivity contribution < 1.29 is 9.59 Å². The molecular weight excluding hydrogens is 194 g/mol. The summed E-state index contributed by atoms with van der Waals surface area (Å²) < 4.78 is 0. The van der Waals surface area contributed by atoms with E-state index in [1.165, 1.54) is 0 Å². The first-order valence-corrected chi connectivity index (χ1v) is 5.31. The Bertz CT molecular complexity index is 207. The highest BCUT2D eigenvalue weighted by molar-refractivity contribution is 5.76. The third-order valence-electron chi connectivity index (χ3n) is 2.11. The van der Waals surface area contributed by atoms with E-state index in [4.69, 9.17) is 11.5 Å². The third-order valence-corrected chi connectivity index (χ3v) is 2.11. The van der Waals surface area contributed by atoms with Gasteiger partial charge in [-0.05, 0) is 25.3 Å². The molecular formula is C10H21N3O2. The molecule has 0 aliphatic heterocycles. The van der Waals surface area contributed by atoms with Crippen molar-refractivity contribution in [2.75, 3.05) is 13.1 Å². The van der Waals surface area contributed by atoms with Gasteiger partial charge in [0.05, 0.1) is 0 Å². The number of unbranched alkanes of at least 4 members (excludes halogenated alkanes) is 1. The van der Waals surface area contributed by atoms with Gasteiger partial charge in [-0.1, -0.05) is 6.92 Å². The second-order valence-electron chi connectivity index (χ2n) is 3.82. The molecule has 2 amide bonds. The van der Waals surface area contributed by atoms with E-state index in [0.29, 0.717) is 25.9 Å². The number of carbonyl (C=O) groups is 2. The Morgan fingerprint density at radius 1 is 1.33 bits per heavy atom. The summed E-state index contributed by atoms with van der Waals surface area (Å²) in [6, 6.07) is 0. The normalized spacial score (nSPS) is 12.1. The van der Waals surface area contributed by atoms with Crippen molar-refractivity contribution in [3.8, 4) is 0 Å². The fourth-order valence-corrected chi connectivity index (χ4v) is 1.12. The van der Waals surface area contributed by atoms with Crippen LogP contribution in [-0.4, -0.2) is 24.9 Å². The predicted molar refractivity (Wildman–Crippen MR) is 58.9 cm³/mol. The van der Waals surface area contributed by atoms with Crippen LogP contribution in [0.15, 0.2) is 0 Å². The van der Waals surface area contributed by atoms with Crippen molar-refractivity contribution in [3.63, 3.8) is 0 Å². The van der Waals surface area contributed by atoms with Crippen LogP contribution in [0.1, 0.15) is 32.6 Å². The van der Waals surface area contributed by atoms with Crippen LogP contribution in [-0.2, 0) is 9.59 Å². The summed E-state index contributed by atoms with van der Waals surface area (Å²) in [6.07, 6.45) is 2.36. The molecule has 0 radical (unpaired) electrons. The molecule has 0 aromatic carbocycles. The molecule has 0 saturated heterocycles. The van der Waals surface area contributed by atoms with Crippen LogP contribution < -0.4 is 16.8 Å². The standard InChI is InChI=1S/C10H21N3O2/c1-8(7-11)6-10(15)13-5-3-2-4-9(12)14/h8H,2-7,11H2,1H3,(H2,12,14)(H,13,15). The molecule has 0 bridgehead atoms. The second-order valence-corrected chi connectivity index (χ2v) is 3.82. The van der Waals surface area contributed by atoms with E-state index in [1.807, 2.05) is 6.92 Å². The molecule has 0 rings (SSSR count).